The molecule has 0 aromatic heterocycles. The number of hydrogen-bond acceptors (Lipinski definition) is 3. The summed E-state index contributed by atoms with van der Waals surface area (Å²) in [6.45, 7) is 7.71. The molecule has 1 aliphatic heterocycles. The molecule has 21 heavy (non-hydrogen) atoms. The highest BCUT2D eigenvalue weighted by Crippen LogP contribution is 2.23. The summed E-state index contributed by atoms with van der Waals surface area (Å²) in [7, 11) is 0. The van der Waals surface area contributed by atoms with Gasteiger partial charge < -0.3 is 11.1 Å². The van der Waals surface area contributed by atoms with E-state index in [1.807, 2.05) is 6.07 Å². The maximum Gasteiger partial charge on any atom is 0.239 e. The van der Waals surface area contributed by atoms with Crippen LogP contribution >= 0.6 is 0 Å². The van der Waals surface area contributed by atoms with Gasteiger partial charge in [0.2, 0.25) is 5.91 Å². The number of carbonyl (C=O) groups is 1. The average molecular weight is 289 g/mol. The number of likely N-dealkylation sites (tertiary alicyclic amines) is 1. The maximum atomic E-state index is 12.0. The zero-order valence-electron chi connectivity index (χ0n) is 13.1. The van der Waals surface area contributed by atoms with Gasteiger partial charge in [-0.05, 0) is 37.4 Å². The predicted octanol–water partition coefficient (Wildman–Crippen LogP) is 1.75. The van der Waals surface area contributed by atoms with E-state index in [9.17, 15) is 4.79 Å². The third kappa shape index (κ3) is 4.29. The second kappa shape index (κ2) is 7.05. The third-order valence-corrected chi connectivity index (χ3v) is 4.14. The fourth-order valence-corrected chi connectivity index (χ4v) is 2.95. The highest BCUT2D eigenvalue weighted by Gasteiger charge is 2.40. The Kier molecular flexibility index (Phi) is 5.37. The van der Waals surface area contributed by atoms with Gasteiger partial charge in [-0.2, -0.15) is 0 Å². The molecule has 1 saturated heterocycles. The van der Waals surface area contributed by atoms with E-state index in [0.29, 0.717) is 12.5 Å². The Morgan fingerprint density at radius 1 is 1.38 bits per heavy atom. The van der Waals surface area contributed by atoms with E-state index in [2.05, 4.69) is 48.3 Å². The smallest absolute Gasteiger partial charge is 0.239 e. The van der Waals surface area contributed by atoms with Crippen LogP contribution in [0.25, 0.3) is 0 Å². The summed E-state index contributed by atoms with van der Waals surface area (Å²) >= 11 is 0. The lowest BCUT2D eigenvalue weighted by Crippen LogP contribution is -2.64. The Morgan fingerprint density at radius 2 is 2.10 bits per heavy atom. The fourth-order valence-electron chi connectivity index (χ4n) is 2.95. The molecule has 0 bridgehead atoms. The number of nitrogens with zero attached hydrogens (tertiary/aromatic N) is 1. The molecular weight excluding hydrogens is 262 g/mol. The standard InChI is InChI=1S/C17H27N3O/c1-14(2)11-19-17(16(18)21)9-6-10-20(13-17)12-15-7-4-3-5-8-15/h3-5,7-8,14,19H,6,9-13H2,1-2H3,(H2,18,21). The number of nitrogens with one attached hydrogen (secondary N) is 1. The summed E-state index contributed by atoms with van der Waals surface area (Å²) in [6.07, 6.45) is 1.83. The SMILES string of the molecule is CC(C)CNC1(C(N)=O)CCCN(Cc2ccccc2)C1. The first-order chi connectivity index (χ1) is 10.0. The van der Waals surface area contributed by atoms with Crippen LogP contribution in [0.3, 0.4) is 0 Å². The number of amides is 1. The molecule has 4 nitrogen and oxygen atoms in total. The zero-order chi connectivity index (χ0) is 15.3. The summed E-state index contributed by atoms with van der Waals surface area (Å²) < 4.78 is 0. The molecule has 0 saturated carbocycles. The van der Waals surface area contributed by atoms with Crippen LogP contribution in [0.15, 0.2) is 30.3 Å². The van der Waals surface area contributed by atoms with E-state index in [-0.39, 0.29) is 5.91 Å². The molecule has 1 unspecified atom stereocenters. The first kappa shape index (κ1) is 16.0. The molecule has 1 amide bonds. The van der Waals surface area contributed by atoms with Crippen LogP contribution in [0.4, 0.5) is 0 Å². The number of carbonyl (C=O) groups excluding carboxylic acids is 1. The number of piperidine rings is 1. The average Bonchev–Trinajstić information content (AvgIpc) is 2.46. The van der Waals surface area contributed by atoms with E-state index in [1.165, 1.54) is 5.56 Å². The van der Waals surface area contributed by atoms with Gasteiger partial charge in [-0.25, -0.2) is 0 Å². The van der Waals surface area contributed by atoms with E-state index >= 15 is 0 Å². The van der Waals surface area contributed by atoms with Crippen LogP contribution < -0.4 is 11.1 Å². The van der Waals surface area contributed by atoms with Crippen LogP contribution in [0.5, 0.6) is 0 Å². The summed E-state index contributed by atoms with van der Waals surface area (Å²) in [5.74, 6) is 0.284. The quantitative estimate of drug-likeness (QED) is 0.839. The number of benzene rings is 1. The lowest BCUT2D eigenvalue weighted by atomic mass is 9.87. The summed E-state index contributed by atoms with van der Waals surface area (Å²) in [6, 6.07) is 10.4. The van der Waals surface area contributed by atoms with Crippen LogP contribution in [-0.4, -0.2) is 36.0 Å². The Bertz CT molecular complexity index is 460. The Balaban J connectivity index is 2.04. The van der Waals surface area contributed by atoms with Gasteiger partial charge in [-0.1, -0.05) is 44.2 Å². The van der Waals surface area contributed by atoms with Crippen molar-refractivity contribution in [3.8, 4) is 0 Å². The van der Waals surface area contributed by atoms with Crippen molar-refractivity contribution < 1.29 is 4.79 Å². The molecule has 1 atom stereocenters. The monoisotopic (exact) mass is 289 g/mol. The molecule has 0 spiro atoms. The van der Waals surface area contributed by atoms with Crippen molar-refractivity contribution in [2.75, 3.05) is 19.6 Å². The van der Waals surface area contributed by atoms with Crippen molar-refractivity contribution in [1.29, 1.82) is 0 Å². The Morgan fingerprint density at radius 3 is 2.71 bits per heavy atom. The first-order valence-corrected chi connectivity index (χ1v) is 7.83. The largest absolute Gasteiger partial charge is 0.368 e. The highest BCUT2D eigenvalue weighted by molar-refractivity contribution is 5.85. The van der Waals surface area contributed by atoms with Gasteiger partial charge in [0.1, 0.15) is 5.54 Å². The van der Waals surface area contributed by atoms with Crippen LogP contribution in [0.2, 0.25) is 0 Å². The van der Waals surface area contributed by atoms with Gasteiger partial charge in [-0.3, -0.25) is 9.69 Å². The van der Waals surface area contributed by atoms with Crippen LogP contribution in [0.1, 0.15) is 32.3 Å². The number of hydrogen-bond donors (Lipinski definition) is 2. The number of primary amides is 1. The lowest BCUT2D eigenvalue weighted by Gasteiger charge is -2.41. The van der Waals surface area contributed by atoms with Crippen molar-refractivity contribution >= 4 is 5.91 Å². The normalized spacial score (nSPS) is 23.4. The molecular formula is C17H27N3O. The topological polar surface area (TPSA) is 58.4 Å². The van der Waals surface area contributed by atoms with E-state index in [4.69, 9.17) is 5.73 Å². The van der Waals surface area contributed by atoms with Crippen LogP contribution in [-0.2, 0) is 11.3 Å². The third-order valence-electron chi connectivity index (χ3n) is 4.14. The molecule has 1 aliphatic rings. The second-order valence-corrected chi connectivity index (χ2v) is 6.52. The van der Waals surface area contributed by atoms with Gasteiger partial charge in [0.05, 0.1) is 0 Å². The Hall–Kier alpha value is -1.39. The van der Waals surface area contributed by atoms with Crippen molar-refractivity contribution in [2.45, 2.75) is 38.8 Å². The minimum atomic E-state index is -0.572. The number of rotatable bonds is 6. The molecule has 1 fully saturated rings. The second-order valence-electron chi connectivity index (χ2n) is 6.52. The van der Waals surface area contributed by atoms with E-state index in [1.54, 1.807) is 0 Å². The highest BCUT2D eigenvalue weighted by atomic mass is 16.1. The molecule has 2 rings (SSSR count). The van der Waals surface area contributed by atoms with Gasteiger partial charge in [-0.15, -0.1) is 0 Å². The fraction of sp³-hybridized carbons (Fsp3) is 0.588. The van der Waals surface area contributed by atoms with E-state index < -0.39 is 5.54 Å². The van der Waals surface area contributed by atoms with Crippen molar-refractivity contribution in [3.05, 3.63) is 35.9 Å². The summed E-state index contributed by atoms with van der Waals surface area (Å²) in [5.41, 5.74) is 6.42. The number of nitrogens with two attached hydrogens (primary N) is 1. The van der Waals surface area contributed by atoms with Crippen molar-refractivity contribution in [3.63, 3.8) is 0 Å². The summed E-state index contributed by atoms with van der Waals surface area (Å²) in [5, 5.41) is 3.43. The minimum absolute atomic E-state index is 0.221. The zero-order valence-corrected chi connectivity index (χ0v) is 13.1. The molecule has 4 heteroatoms. The summed E-state index contributed by atoms with van der Waals surface area (Å²) in [4.78, 5) is 14.4. The Labute approximate surface area is 127 Å². The van der Waals surface area contributed by atoms with Crippen molar-refractivity contribution in [1.82, 2.24) is 10.2 Å². The van der Waals surface area contributed by atoms with E-state index in [0.717, 1.165) is 32.5 Å². The molecule has 1 aromatic carbocycles. The molecule has 1 aromatic rings. The molecule has 1 heterocycles. The molecule has 3 N–H and O–H groups in total. The minimum Gasteiger partial charge on any atom is -0.368 e. The predicted molar refractivity (Wildman–Crippen MR) is 85.7 cm³/mol. The van der Waals surface area contributed by atoms with Crippen LogP contribution in [0, 0.1) is 5.92 Å². The van der Waals surface area contributed by atoms with Gasteiger partial charge in [0, 0.05) is 13.1 Å². The lowest BCUT2D eigenvalue weighted by molar-refractivity contribution is -0.127. The maximum absolute atomic E-state index is 12.0. The van der Waals surface area contributed by atoms with Gasteiger partial charge in [0.25, 0.3) is 0 Å². The molecule has 116 valence electrons. The van der Waals surface area contributed by atoms with Gasteiger partial charge >= 0.3 is 0 Å². The first-order valence-electron chi connectivity index (χ1n) is 7.83. The molecule has 0 radical (unpaired) electrons. The van der Waals surface area contributed by atoms with Crippen molar-refractivity contribution in [2.24, 2.45) is 11.7 Å². The molecule has 0 aliphatic carbocycles. The van der Waals surface area contributed by atoms with Gasteiger partial charge in [0.15, 0.2) is 0 Å².